The second-order valence-corrected chi connectivity index (χ2v) is 7.25. The zero-order valence-corrected chi connectivity index (χ0v) is 16.5. The molecule has 2 fully saturated rings. The number of nitrogens with zero attached hydrogens (tertiary/aromatic N) is 4. The first-order valence-corrected chi connectivity index (χ1v) is 9.21. The summed E-state index contributed by atoms with van der Waals surface area (Å²) in [6, 6.07) is 8.26. The molecule has 146 valence electrons. The van der Waals surface area contributed by atoms with Crippen molar-refractivity contribution in [3.8, 4) is 0 Å². The first-order chi connectivity index (χ1) is 12.6. The Hall–Kier alpha value is -1.96. The molecule has 8 heteroatoms. The number of carbonyl (C=O) groups excluding carboxylic acids is 1. The van der Waals surface area contributed by atoms with Crippen molar-refractivity contribution in [3.63, 3.8) is 0 Å². The number of halogens is 1. The Kier molecular flexibility index (Phi) is 6.14. The van der Waals surface area contributed by atoms with Crippen molar-refractivity contribution < 1.29 is 9.32 Å². The molecule has 2 unspecified atom stereocenters. The van der Waals surface area contributed by atoms with Crippen LogP contribution in [0, 0.1) is 6.92 Å². The maximum Gasteiger partial charge on any atom is 0.249 e. The maximum absolute atomic E-state index is 12.4. The zero-order valence-electron chi connectivity index (χ0n) is 15.7. The van der Waals surface area contributed by atoms with Gasteiger partial charge in [-0.25, -0.2) is 0 Å². The molecule has 3 heterocycles. The molecular formula is C19H26ClN5O2. The molecular weight excluding hydrogens is 366 g/mol. The molecule has 4 rings (SSSR count). The topological polar surface area (TPSA) is 74.5 Å². The van der Waals surface area contributed by atoms with Crippen molar-refractivity contribution in [2.75, 3.05) is 26.7 Å². The summed E-state index contributed by atoms with van der Waals surface area (Å²) in [5, 5.41) is 7.57. The fraction of sp³-hybridized carbons (Fsp3) is 0.526. The molecule has 2 aliphatic heterocycles. The number of aromatic nitrogens is 2. The highest BCUT2D eigenvalue weighted by Gasteiger charge is 2.37. The van der Waals surface area contributed by atoms with Crippen LogP contribution < -0.4 is 5.32 Å². The van der Waals surface area contributed by atoms with Gasteiger partial charge in [-0.2, -0.15) is 4.98 Å². The number of amides is 1. The molecule has 0 aliphatic carbocycles. The van der Waals surface area contributed by atoms with Crippen LogP contribution in [0.1, 0.15) is 47.8 Å². The minimum absolute atomic E-state index is 0. The van der Waals surface area contributed by atoms with Gasteiger partial charge in [-0.1, -0.05) is 35.0 Å². The number of likely N-dealkylation sites (tertiary alicyclic amines) is 1. The van der Waals surface area contributed by atoms with Crippen molar-refractivity contribution in [1.29, 1.82) is 0 Å². The Labute approximate surface area is 165 Å². The molecule has 1 N–H and O–H groups in total. The molecule has 0 spiro atoms. The van der Waals surface area contributed by atoms with Gasteiger partial charge in [0.1, 0.15) is 6.04 Å². The van der Waals surface area contributed by atoms with Crippen LogP contribution in [0.25, 0.3) is 0 Å². The number of benzene rings is 1. The number of carbonyl (C=O) groups is 1. The fourth-order valence-electron chi connectivity index (χ4n) is 3.69. The molecule has 0 saturated carbocycles. The number of rotatable bonds is 4. The average Bonchev–Trinajstić information content (AvgIpc) is 3.25. The summed E-state index contributed by atoms with van der Waals surface area (Å²) in [7, 11) is 2.07. The van der Waals surface area contributed by atoms with E-state index in [-0.39, 0.29) is 30.4 Å². The van der Waals surface area contributed by atoms with Gasteiger partial charge in [-0.15, -0.1) is 12.4 Å². The van der Waals surface area contributed by atoms with Gasteiger partial charge in [0.25, 0.3) is 0 Å². The zero-order chi connectivity index (χ0) is 18.1. The summed E-state index contributed by atoms with van der Waals surface area (Å²) in [6.45, 7) is 5.37. The lowest BCUT2D eigenvalue weighted by Gasteiger charge is -2.30. The summed E-state index contributed by atoms with van der Waals surface area (Å²) >= 11 is 0. The predicted octanol–water partition coefficient (Wildman–Crippen LogP) is 2.24. The highest BCUT2D eigenvalue weighted by molar-refractivity contribution is 5.85. The fourth-order valence-corrected chi connectivity index (χ4v) is 3.69. The van der Waals surface area contributed by atoms with Crippen LogP contribution >= 0.6 is 12.4 Å². The van der Waals surface area contributed by atoms with E-state index in [1.54, 1.807) is 0 Å². The largest absolute Gasteiger partial charge is 0.337 e. The standard InChI is InChI=1S/C19H25N5O2.ClH/c1-13-3-5-14(6-4-13)12-24-15(7-8-17(24)25)19-21-18(22-26-19)16-11-20-9-10-23(16)2;/h3-6,15-16,20H,7-12H2,1-2H3;1H. The first-order valence-electron chi connectivity index (χ1n) is 9.21. The third-order valence-corrected chi connectivity index (χ3v) is 5.35. The molecule has 1 amide bonds. The van der Waals surface area contributed by atoms with Crippen molar-refractivity contribution in [1.82, 2.24) is 25.3 Å². The Balaban J connectivity index is 0.00000210. The Morgan fingerprint density at radius 1 is 1.26 bits per heavy atom. The number of likely N-dealkylation sites (N-methyl/N-ethyl adjacent to an activating group) is 1. The van der Waals surface area contributed by atoms with Crippen LogP contribution in [0.3, 0.4) is 0 Å². The molecule has 0 bridgehead atoms. The van der Waals surface area contributed by atoms with Crippen molar-refractivity contribution >= 4 is 18.3 Å². The monoisotopic (exact) mass is 391 g/mol. The number of hydrogen-bond acceptors (Lipinski definition) is 6. The lowest BCUT2D eigenvalue weighted by Crippen LogP contribution is -2.44. The number of piperazine rings is 1. The van der Waals surface area contributed by atoms with Crippen LogP contribution in [0.15, 0.2) is 28.8 Å². The van der Waals surface area contributed by atoms with Gasteiger partial charge in [-0.05, 0) is 26.0 Å². The van der Waals surface area contributed by atoms with E-state index in [2.05, 4.69) is 58.6 Å². The van der Waals surface area contributed by atoms with E-state index in [4.69, 9.17) is 4.52 Å². The summed E-state index contributed by atoms with van der Waals surface area (Å²) in [5.41, 5.74) is 2.33. The smallest absolute Gasteiger partial charge is 0.249 e. The highest BCUT2D eigenvalue weighted by Crippen LogP contribution is 2.34. The van der Waals surface area contributed by atoms with Crippen LogP contribution in [0.4, 0.5) is 0 Å². The summed E-state index contributed by atoms with van der Waals surface area (Å²) in [4.78, 5) is 21.2. The van der Waals surface area contributed by atoms with Gasteiger partial charge in [-0.3, -0.25) is 9.69 Å². The van der Waals surface area contributed by atoms with Crippen LogP contribution in [-0.2, 0) is 11.3 Å². The highest BCUT2D eigenvalue weighted by atomic mass is 35.5. The minimum Gasteiger partial charge on any atom is -0.337 e. The van der Waals surface area contributed by atoms with Gasteiger partial charge < -0.3 is 14.7 Å². The third-order valence-electron chi connectivity index (χ3n) is 5.35. The molecule has 2 saturated heterocycles. The predicted molar refractivity (Wildman–Crippen MR) is 103 cm³/mol. The molecule has 27 heavy (non-hydrogen) atoms. The Morgan fingerprint density at radius 2 is 2.04 bits per heavy atom. The minimum atomic E-state index is -0.132. The maximum atomic E-state index is 12.4. The van der Waals surface area contributed by atoms with Crippen LogP contribution in [0.2, 0.25) is 0 Å². The number of nitrogens with one attached hydrogen (secondary N) is 1. The van der Waals surface area contributed by atoms with E-state index in [1.165, 1.54) is 5.56 Å². The van der Waals surface area contributed by atoms with Crippen LogP contribution in [-0.4, -0.2) is 52.5 Å². The molecule has 1 aromatic carbocycles. The third kappa shape index (κ3) is 4.15. The average molecular weight is 392 g/mol. The summed E-state index contributed by atoms with van der Waals surface area (Å²) < 4.78 is 5.58. The normalized spacial score (nSPS) is 23.5. The Bertz CT molecular complexity index is 779. The lowest BCUT2D eigenvalue weighted by atomic mass is 10.1. The second-order valence-electron chi connectivity index (χ2n) is 7.25. The molecule has 7 nitrogen and oxygen atoms in total. The van der Waals surface area contributed by atoms with Crippen molar-refractivity contribution in [2.24, 2.45) is 0 Å². The number of hydrogen-bond donors (Lipinski definition) is 1. The Morgan fingerprint density at radius 3 is 2.78 bits per heavy atom. The van der Waals surface area contributed by atoms with E-state index in [0.29, 0.717) is 24.7 Å². The SMILES string of the molecule is Cc1ccc(CN2C(=O)CCC2c2nc(C3CNCCN3C)no2)cc1.Cl. The molecule has 2 aromatic rings. The second kappa shape index (κ2) is 8.37. The lowest BCUT2D eigenvalue weighted by molar-refractivity contribution is -0.129. The van der Waals surface area contributed by atoms with E-state index in [1.807, 2.05) is 4.90 Å². The summed E-state index contributed by atoms with van der Waals surface area (Å²) in [6.07, 6.45) is 1.25. The van der Waals surface area contributed by atoms with E-state index in [9.17, 15) is 4.79 Å². The first kappa shape index (κ1) is 19.8. The molecule has 0 radical (unpaired) electrons. The van der Waals surface area contributed by atoms with Crippen LogP contribution in [0.5, 0.6) is 0 Å². The van der Waals surface area contributed by atoms with E-state index in [0.717, 1.165) is 31.6 Å². The quantitative estimate of drug-likeness (QED) is 0.861. The van der Waals surface area contributed by atoms with Crippen molar-refractivity contribution in [3.05, 3.63) is 47.1 Å². The molecule has 1 aromatic heterocycles. The molecule has 2 aliphatic rings. The van der Waals surface area contributed by atoms with Gasteiger partial charge in [0.15, 0.2) is 5.82 Å². The van der Waals surface area contributed by atoms with Gasteiger partial charge in [0.2, 0.25) is 11.8 Å². The van der Waals surface area contributed by atoms with E-state index < -0.39 is 0 Å². The summed E-state index contributed by atoms with van der Waals surface area (Å²) in [5.74, 6) is 1.40. The van der Waals surface area contributed by atoms with E-state index >= 15 is 0 Å². The van der Waals surface area contributed by atoms with Gasteiger partial charge in [0.05, 0.1) is 6.04 Å². The van der Waals surface area contributed by atoms with Gasteiger partial charge in [0, 0.05) is 32.6 Å². The van der Waals surface area contributed by atoms with Gasteiger partial charge >= 0.3 is 0 Å². The molecule has 2 atom stereocenters. The number of aryl methyl sites for hydroxylation is 1. The van der Waals surface area contributed by atoms with Crippen molar-refractivity contribution in [2.45, 2.75) is 38.4 Å².